The van der Waals surface area contributed by atoms with E-state index in [-0.39, 0.29) is 6.61 Å². The van der Waals surface area contributed by atoms with Gasteiger partial charge in [0.25, 0.3) is 0 Å². The number of carboxylic acids is 1. The molecule has 1 saturated carbocycles. The lowest BCUT2D eigenvalue weighted by Crippen LogP contribution is -2.25. The Labute approximate surface area is 119 Å². The second-order valence-electron chi connectivity index (χ2n) is 6.08. The Bertz CT molecular complexity index is 512. The monoisotopic (exact) mass is 275 g/mol. The number of fused-ring (bicyclic) bond motifs is 1. The van der Waals surface area contributed by atoms with Gasteiger partial charge in [0, 0.05) is 25.2 Å². The number of nitrogens with zero attached hydrogens (tertiary/aromatic N) is 1. The van der Waals surface area contributed by atoms with Gasteiger partial charge in [-0.3, -0.25) is 4.90 Å². The number of carbonyl (C=O) groups is 1. The Morgan fingerprint density at radius 3 is 3.00 bits per heavy atom. The van der Waals surface area contributed by atoms with Crippen LogP contribution in [0.25, 0.3) is 0 Å². The van der Waals surface area contributed by atoms with Gasteiger partial charge in [-0.25, -0.2) is 4.79 Å². The standard InChI is InChI=1S/C16H21NO3/c1-2-16-7-13(16)9-17(11-16)8-12-5-3-4-6-14(12)20-10-15(18)19/h3-6,13H,2,7-11H2,1H3,(H,18,19). The first-order valence-corrected chi connectivity index (χ1v) is 7.28. The highest BCUT2D eigenvalue weighted by atomic mass is 16.5. The number of aliphatic carboxylic acids is 1. The van der Waals surface area contributed by atoms with Crippen LogP contribution in [0.15, 0.2) is 24.3 Å². The quantitative estimate of drug-likeness (QED) is 0.866. The molecular weight excluding hydrogens is 254 g/mol. The van der Waals surface area contributed by atoms with Crippen LogP contribution in [0.4, 0.5) is 0 Å². The molecule has 4 nitrogen and oxygen atoms in total. The van der Waals surface area contributed by atoms with Gasteiger partial charge < -0.3 is 9.84 Å². The van der Waals surface area contributed by atoms with E-state index in [1.807, 2.05) is 24.3 Å². The molecule has 0 aromatic heterocycles. The highest BCUT2D eigenvalue weighted by Gasteiger charge is 2.57. The summed E-state index contributed by atoms with van der Waals surface area (Å²) < 4.78 is 5.37. The molecule has 1 aromatic carbocycles. The third-order valence-electron chi connectivity index (χ3n) is 4.80. The van der Waals surface area contributed by atoms with Gasteiger partial charge in [0.15, 0.2) is 6.61 Å². The fraction of sp³-hybridized carbons (Fsp3) is 0.562. The number of hydrogen-bond donors (Lipinski definition) is 1. The molecule has 108 valence electrons. The first kappa shape index (κ1) is 13.4. The van der Waals surface area contributed by atoms with Crippen molar-refractivity contribution < 1.29 is 14.6 Å². The topological polar surface area (TPSA) is 49.8 Å². The van der Waals surface area contributed by atoms with E-state index in [4.69, 9.17) is 9.84 Å². The summed E-state index contributed by atoms with van der Waals surface area (Å²) in [7, 11) is 0. The summed E-state index contributed by atoms with van der Waals surface area (Å²) in [6.07, 6.45) is 2.66. The molecule has 20 heavy (non-hydrogen) atoms. The summed E-state index contributed by atoms with van der Waals surface area (Å²) in [5.74, 6) is 0.632. The first-order valence-electron chi connectivity index (χ1n) is 7.28. The molecule has 1 aliphatic heterocycles. The minimum atomic E-state index is -0.938. The van der Waals surface area contributed by atoms with E-state index < -0.39 is 5.97 Å². The van der Waals surface area contributed by atoms with Gasteiger partial charge in [0.1, 0.15) is 5.75 Å². The highest BCUT2D eigenvalue weighted by Crippen LogP contribution is 2.60. The maximum atomic E-state index is 10.6. The number of ether oxygens (including phenoxy) is 1. The predicted octanol–water partition coefficient (Wildman–Crippen LogP) is 2.38. The molecule has 2 fully saturated rings. The zero-order valence-corrected chi connectivity index (χ0v) is 11.8. The molecule has 2 atom stereocenters. The van der Waals surface area contributed by atoms with Crippen LogP contribution in [0.2, 0.25) is 0 Å². The molecule has 1 heterocycles. The minimum absolute atomic E-state index is 0.279. The van der Waals surface area contributed by atoms with E-state index in [0.29, 0.717) is 11.2 Å². The Kier molecular flexibility index (Phi) is 3.42. The van der Waals surface area contributed by atoms with Crippen LogP contribution in [0.1, 0.15) is 25.3 Å². The van der Waals surface area contributed by atoms with Crippen molar-refractivity contribution in [3.05, 3.63) is 29.8 Å². The van der Waals surface area contributed by atoms with Gasteiger partial charge in [-0.2, -0.15) is 0 Å². The van der Waals surface area contributed by atoms with Crippen molar-refractivity contribution in [3.63, 3.8) is 0 Å². The minimum Gasteiger partial charge on any atom is -0.482 e. The van der Waals surface area contributed by atoms with E-state index in [1.54, 1.807) is 0 Å². The summed E-state index contributed by atoms with van der Waals surface area (Å²) in [6, 6.07) is 7.75. The molecule has 1 saturated heterocycles. The number of hydrogen-bond acceptors (Lipinski definition) is 3. The van der Waals surface area contributed by atoms with Gasteiger partial charge in [-0.05, 0) is 30.2 Å². The van der Waals surface area contributed by atoms with Crippen LogP contribution in [0.3, 0.4) is 0 Å². The maximum absolute atomic E-state index is 10.6. The smallest absolute Gasteiger partial charge is 0.341 e. The van der Waals surface area contributed by atoms with Crippen LogP contribution in [0.5, 0.6) is 5.75 Å². The SMILES string of the molecule is CCC12CC1CN(Cc1ccccc1OCC(=O)O)C2. The van der Waals surface area contributed by atoms with Crippen molar-refractivity contribution in [2.24, 2.45) is 11.3 Å². The molecule has 0 radical (unpaired) electrons. The summed E-state index contributed by atoms with van der Waals surface area (Å²) in [5.41, 5.74) is 1.66. The van der Waals surface area contributed by atoms with Crippen molar-refractivity contribution in [2.45, 2.75) is 26.3 Å². The van der Waals surface area contributed by atoms with E-state index in [9.17, 15) is 4.79 Å². The number of piperidine rings is 1. The molecule has 0 spiro atoms. The molecule has 0 bridgehead atoms. The molecule has 2 aliphatic rings. The summed E-state index contributed by atoms with van der Waals surface area (Å²) in [6.45, 7) is 5.20. The molecule has 1 aliphatic carbocycles. The second kappa shape index (κ2) is 5.09. The van der Waals surface area contributed by atoms with Crippen LogP contribution in [-0.2, 0) is 11.3 Å². The lowest BCUT2D eigenvalue weighted by Gasteiger charge is -2.21. The van der Waals surface area contributed by atoms with Crippen molar-refractivity contribution in [1.29, 1.82) is 0 Å². The Morgan fingerprint density at radius 2 is 2.30 bits per heavy atom. The highest BCUT2D eigenvalue weighted by molar-refractivity contribution is 5.68. The number of benzene rings is 1. The largest absolute Gasteiger partial charge is 0.482 e. The molecule has 0 amide bonds. The molecule has 1 aromatic rings. The Morgan fingerprint density at radius 1 is 1.50 bits per heavy atom. The molecule has 4 heteroatoms. The number of likely N-dealkylation sites (tertiary alicyclic amines) is 1. The summed E-state index contributed by atoms with van der Waals surface area (Å²) >= 11 is 0. The normalized spacial score (nSPS) is 28.1. The Hall–Kier alpha value is -1.55. The van der Waals surface area contributed by atoms with Gasteiger partial charge in [-0.15, -0.1) is 0 Å². The van der Waals surface area contributed by atoms with Gasteiger partial charge in [0.05, 0.1) is 0 Å². The number of carboxylic acid groups (broad SMARTS) is 1. The van der Waals surface area contributed by atoms with Crippen molar-refractivity contribution in [2.75, 3.05) is 19.7 Å². The first-order chi connectivity index (χ1) is 9.63. The summed E-state index contributed by atoms with van der Waals surface area (Å²) in [5, 5.41) is 8.72. The van der Waals surface area contributed by atoms with E-state index in [0.717, 1.165) is 18.0 Å². The fourth-order valence-corrected chi connectivity index (χ4v) is 3.53. The second-order valence-corrected chi connectivity index (χ2v) is 6.08. The third-order valence-corrected chi connectivity index (χ3v) is 4.80. The average Bonchev–Trinajstić information content (AvgIpc) is 3.00. The van der Waals surface area contributed by atoms with Gasteiger partial charge in [-0.1, -0.05) is 25.1 Å². The predicted molar refractivity (Wildman–Crippen MR) is 75.7 cm³/mol. The van der Waals surface area contributed by atoms with Gasteiger partial charge >= 0.3 is 5.97 Å². The molecule has 3 rings (SSSR count). The van der Waals surface area contributed by atoms with Crippen LogP contribution >= 0.6 is 0 Å². The zero-order chi connectivity index (χ0) is 14.2. The van der Waals surface area contributed by atoms with Gasteiger partial charge in [0.2, 0.25) is 0 Å². The Balaban J connectivity index is 1.64. The molecular formula is C16H21NO3. The lowest BCUT2D eigenvalue weighted by molar-refractivity contribution is -0.139. The number of rotatable bonds is 6. The molecule has 1 N–H and O–H groups in total. The van der Waals surface area contributed by atoms with E-state index in [2.05, 4.69) is 11.8 Å². The van der Waals surface area contributed by atoms with E-state index in [1.165, 1.54) is 25.9 Å². The third kappa shape index (κ3) is 2.52. The molecule has 2 unspecified atom stereocenters. The maximum Gasteiger partial charge on any atom is 0.341 e. The zero-order valence-electron chi connectivity index (χ0n) is 11.8. The fourth-order valence-electron chi connectivity index (χ4n) is 3.53. The van der Waals surface area contributed by atoms with Crippen molar-refractivity contribution in [1.82, 2.24) is 4.90 Å². The van der Waals surface area contributed by atoms with Crippen molar-refractivity contribution >= 4 is 5.97 Å². The van der Waals surface area contributed by atoms with Crippen LogP contribution in [0, 0.1) is 11.3 Å². The van der Waals surface area contributed by atoms with Crippen molar-refractivity contribution in [3.8, 4) is 5.75 Å². The van der Waals surface area contributed by atoms with Crippen LogP contribution in [-0.4, -0.2) is 35.7 Å². The lowest BCUT2D eigenvalue weighted by atomic mass is 10.0. The van der Waals surface area contributed by atoms with E-state index >= 15 is 0 Å². The van der Waals surface area contributed by atoms with Crippen LogP contribution < -0.4 is 4.74 Å². The average molecular weight is 275 g/mol. The summed E-state index contributed by atoms with van der Waals surface area (Å²) in [4.78, 5) is 13.1. The number of para-hydroxylation sites is 1.